The molecule has 0 saturated carbocycles. The molecule has 1 atom stereocenters. The van der Waals surface area contributed by atoms with Crippen LogP contribution in [-0.2, 0) is 11.3 Å². The van der Waals surface area contributed by atoms with Crippen molar-refractivity contribution >= 4 is 11.5 Å². The number of aromatic amines is 1. The predicted octanol–water partition coefficient (Wildman–Crippen LogP) is 1.07. The van der Waals surface area contributed by atoms with Gasteiger partial charge >= 0.3 is 0 Å². The van der Waals surface area contributed by atoms with E-state index in [0.29, 0.717) is 12.3 Å². The van der Waals surface area contributed by atoms with Gasteiger partial charge in [0.2, 0.25) is 0 Å². The fourth-order valence-electron chi connectivity index (χ4n) is 0.970. The quantitative estimate of drug-likeness (QED) is 0.742. The van der Waals surface area contributed by atoms with Crippen LogP contribution in [-0.4, -0.2) is 19.7 Å². The molecule has 5 nitrogen and oxygen atoms in total. The van der Waals surface area contributed by atoms with E-state index in [2.05, 4.69) is 14.6 Å². The highest BCUT2D eigenvalue weighted by Gasteiger charge is 2.09. The molecule has 0 aliphatic rings. The van der Waals surface area contributed by atoms with E-state index in [1.165, 1.54) is 11.5 Å². The standard InChI is InChI=1S/C8H9N3O2S/c12-8(7-1-3-9-10-7)13-5-6-2-4-14-11-6/h1-4,8,12H,5H2,(H,9,10). The molecule has 2 rings (SSSR count). The van der Waals surface area contributed by atoms with Gasteiger partial charge in [-0.25, -0.2) is 0 Å². The van der Waals surface area contributed by atoms with Crippen molar-refractivity contribution in [1.29, 1.82) is 0 Å². The summed E-state index contributed by atoms with van der Waals surface area (Å²) in [6.07, 6.45) is 0.587. The van der Waals surface area contributed by atoms with Gasteiger partial charge in [0, 0.05) is 11.6 Å². The number of hydrogen-bond acceptors (Lipinski definition) is 5. The number of aliphatic hydroxyl groups is 1. The summed E-state index contributed by atoms with van der Waals surface area (Å²) in [5.74, 6) is 0. The van der Waals surface area contributed by atoms with Gasteiger partial charge in [0.25, 0.3) is 0 Å². The molecule has 0 saturated heterocycles. The fourth-order valence-corrected chi connectivity index (χ4v) is 1.50. The van der Waals surface area contributed by atoms with Crippen LogP contribution in [0.25, 0.3) is 0 Å². The maximum Gasteiger partial charge on any atom is 0.198 e. The number of aliphatic hydroxyl groups excluding tert-OH is 1. The Morgan fingerprint density at radius 2 is 2.50 bits per heavy atom. The van der Waals surface area contributed by atoms with Crippen LogP contribution in [0.3, 0.4) is 0 Å². The largest absolute Gasteiger partial charge is 0.363 e. The Morgan fingerprint density at radius 1 is 1.57 bits per heavy atom. The number of hydrogen-bond donors (Lipinski definition) is 2. The molecular formula is C8H9N3O2S. The van der Waals surface area contributed by atoms with Crippen LogP contribution < -0.4 is 0 Å². The molecule has 14 heavy (non-hydrogen) atoms. The summed E-state index contributed by atoms with van der Waals surface area (Å²) >= 11 is 1.36. The lowest BCUT2D eigenvalue weighted by Crippen LogP contribution is -2.03. The molecule has 6 heteroatoms. The third kappa shape index (κ3) is 2.16. The second-order valence-electron chi connectivity index (χ2n) is 2.67. The van der Waals surface area contributed by atoms with Crippen LogP contribution in [0.4, 0.5) is 0 Å². The number of H-pyrrole nitrogens is 1. The summed E-state index contributed by atoms with van der Waals surface area (Å²) in [5.41, 5.74) is 1.36. The Morgan fingerprint density at radius 3 is 3.14 bits per heavy atom. The fraction of sp³-hybridized carbons (Fsp3) is 0.250. The zero-order valence-corrected chi connectivity index (χ0v) is 8.07. The molecule has 0 aliphatic carbocycles. The number of nitrogens with zero attached hydrogens (tertiary/aromatic N) is 2. The summed E-state index contributed by atoms with van der Waals surface area (Å²) in [6.45, 7) is 0.295. The first-order valence-electron chi connectivity index (χ1n) is 4.04. The molecule has 2 aromatic rings. The van der Waals surface area contributed by atoms with Gasteiger partial charge in [0.1, 0.15) is 0 Å². The predicted molar refractivity (Wildman–Crippen MR) is 50.5 cm³/mol. The first kappa shape index (κ1) is 9.32. The van der Waals surface area contributed by atoms with E-state index < -0.39 is 6.29 Å². The third-order valence-electron chi connectivity index (χ3n) is 1.67. The first-order valence-corrected chi connectivity index (χ1v) is 4.88. The maximum absolute atomic E-state index is 9.49. The average Bonchev–Trinajstić information content (AvgIpc) is 2.87. The molecule has 2 N–H and O–H groups in total. The Kier molecular flexibility index (Phi) is 2.87. The minimum absolute atomic E-state index is 0.295. The highest BCUT2D eigenvalue weighted by atomic mass is 32.1. The van der Waals surface area contributed by atoms with Crippen molar-refractivity contribution in [3.8, 4) is 0 Å². The number of nitrogens with one attached hydrogen (secondary N) is 1. The lowest BCUT2D eigenvalue weighted by atomic mass is 10.4. The van der Waals surface area contributed by atoms with Crippen molar-refractivity contribution < 1.29 is 9.84 Å². The topological polar surface area (TPSA) is 71.0 Å². The molecular weight excluding hydrogens is 202 g/mol. The second kappa shape index (κ2) is 4.32. The van der Waals surface area contributed by atoms with Gasteiger partial charge in [-0.05, 0) is 23.7 Å². The SMILES string of the molecule is OC(OCc1ccsn1)c1ccn[nH]1. The summed E-state index contributed by atoms with van der Waals surface area (Å²) in [5, 5.41) is 17.7. The van der Waals surface area contributed by atoms with E-state index in [1.807, 2.05) is 11.4 Å². The monoisotopic (exact) mass is 211 g/mol. The van der Waals surface area contributed by atoms with Crippen LogP contribution in [0, 0.1) is 0 Å². The normalized spacial score (nSPS) is 12.9. The maximum atomic E-state index is 9.49. The van der Waals surface area contributed by atoms with E-state index in [9.17, 15) is 5.11 Å². The molecule has 74 valence electrons. The van der Waals surface area contributed by atoms with E-state index in [-0.39, 0.29) is 0 Å². The summed E-state index contributed by atoms with van der Waals surface area (Å²) in [7, 11) is 0. The van der Waals surface area contributed by atoms with Crippen molar-refractivity contribution in [2.24, 2.45) is 0 Å². The van der Waals surface area contributed by atoms with Gasteiger partial charge in [-0.3, -0.25) is 5.10 Å². The second-order valence-corrected chi connectivity index (χ2v) is 3.33. The molecule has 0 aliphatic heterocycles. The minimum Gasteiger partial charge on any atom is -0.363 e. The van der Waals surface area contributed by atoms with Crippen molar-refractivity contribution in [3.05, 3.63) is 35.1 Å². The van der Waals surface area contributed by atoms with Gasteiger partial charge in [0.05, 0.1) is 18.0 Å². The lowest BCUT2D eigenvalue weighted by molar-refractivity contribution is -0.115. The van der Waals surface area contributed by atoms with Gasteiger partial charge < -0.3 is 9.84 Å². The molecule has 0 aromatic carbocycles. The highest BCUT2D eigenvalue weighted by molar-refractivity contribution is 7.03. The Balaban J connectivity index is 1.87. The molecule has 0 bridgehead atoms. The van der Waals surface area contributed by atoms with E-state index in [1.54, 1.807) is 12.3 Å². The van der Waals surface area contributed by atoms with Crippen molar-refractivity contribution in [3.63, 3.8) is 0 Å². The third-order valence-corrected chi connectivity index (χ3v) is 2.27. The van der Waals surface area contributed by atoms with E-state index in [4.69, 9.17) is 4.74 Å². The highest BCUT2D eigenvalue weighted by Crippen LogP contribution is 2.12. The molecule has 0 spiro atoms. The number of aromatic nitrogens is 3. The molecule has 1 unspecified atom stereocenters. The van der Waals surface area contributed by atoms with Crippen molar-refractivity contribution in [1.82, 2.24) is 14.6 Å². The number of rotatable bonds is 4. The summed E-state index contributed by atoms with van der Waals surface area (Å²) < 4.78 is 9.21. The zero-order valence-electron chi connectivity index (χ0n) is 7.25. The Bertz CT molecular complexity index is 360. The van der Waals surface area contributed by atoms with Crippen LogP contribution >= 0.6 is 11.5 Å². The summed E-state index contributed by atoms with van der Waals surface area (Å²) in [4.78, 5) is 0. The number of ether oxygens (including phenoxy) is 1. The Hall–Kier alpha value is -1.24. The smallest absolute Gasteiger partial charge is 0.198 e. The lowest BCUT2D eigenvalue weighted by Gasteiger charge is -2.07. The molecule has 2 heterocycles. The molecule has 0 fully saturated rings. The van der Waals surface area contributed by atoms with Crippen LogP contribution in [0.15, 0.2) is 23.7 Å². The minimum atomic E-state index is -0.973. The molecule has 0 amide bonds. The molecule has 2 aromatic heterocycles. The van der Waals surface area contributed by atoms with E-state index >= 15 is 0 Å². The van der Waals surface area contributed by atoms with Crippen LogP contribution in [0.2, 0.25) is 0 Å². The van der Waals surface area contributed by atoms with Crippen molar-refractivity contribution in [2.45, 2.75) is 12.9 Å². The Labute approximate surface area is 84.5 Å². The van der Waals surface area contributed by atoms with Crippen LogP contribution in [0.5, 0.6) is 0 Å². The average molecular weight is 211 g/mol. The van der Waals surface area contributed by atoms with E-state index in [0.717, 1.165) is 5.69 Å². The zero-order chi connectivity index (χ0) is 9.80. The van der Waals surface area contributed by atoms with Gasteiger partial charge in [0.15, 0.2) is 6.29 Å². The summed E-state index contributed by atoms with van der Waals surface area (Å²) in [6, 6.07) is 3.51. The van der Waals surface area contributed by atoms with Crippen LogP contribution in [0.1, 0.15) is 17.7 Å². The van der Waals surface area contributed by atoms with Crippen molar-refractivity contribution in [2.75, 3.05) is 0 Å². The first-order chi connectivity index (χ1) is 6.86. The van der Waals surface area contributed by atoms with Gasteiger partial charge in [-0.2, -0.15) is 9.47 Å². The van der Waals surface area contributed by atoms with Gasteiger partial charge in [-0.1, -0.05) is 0 Å². The molecule has 0 radical (unpaired) electrons. The van der Waals surface area contributed by atoms with Gasteiger partial charge in [-0.15, -0.1) is 0 Å².